The van der Waals surface area contributed by atoms with E-state index in [0.717, 1.165) is 0 Å². The van der Waals surface area contributed by atoms with Crippen LogP contribution in [0.4, 0.5) is 0 Å². The normalized spacial score (nSPS) is 43.2. The lowest BCUT2D eigenvalue weighted by Gasteiger charge is -2.51. The predicted molar refractivity (Wildman–Crippen MR) is 50.3 cm³/mol. The van der Waals surface area contributed by atoms with E-state index in [-0.39, 0.29) is 0 Å². The fourth-order valence-corrected chi connectivity index (χ4v) is 2.88. The van der Waals surface area contributed by atoms with E-state index in [9.17, 15) is 4.79 Å². The van der Waals surface area contributed by atoms with Gasteiger partial charge in [-0.25, -0.2) is 0 Å². The third-order valence-corrected chi connectivity index (χ3v) is 4.23. The number of rotatable bonds is 3. The first-order valence-electron chi connectivity index (χ1n) is 5.23. The zero-order valence-corrected chi connectivity index (χ0v) is 8.34. The number of hydrogen-bond donors (Lipinski definition) is 0. The van der Waals surface area contributed by atoms with Crippen molar-refractivity contribution in [2.45, 2.75) is 45.4 Å². The molecule has 3 rings (SSSR count). The Labute approximate surface area is 79.7 Å². The van der Waals surface area contributed by atoms with Gasteiger partial charge in [0.2, 0.25) is 0 Å². The SMILES string of the molecule is CC12CCC(COC=O)(CC1)CC2. The van der Waals surface area contributed by atoms with Gasteiger partial charge in [0.15, 0.2) is 0 Å². The van der Waals surface area contributed by atoms with E-state index < -0.39 is 0 Å². The lowest BCUT2D eigenvalue weighted by Crippen LogP contribution is -2.42. The van der Waals surface area contributed by atoms with Crippen molar-refractivity contribution >= 4 is 6.47 Å². The Hall–Kier alpha value is -0.530. The third-order valence-electron chi connectivity index (χ3n) is 4.23. The van der Waals surface area contributed by atoms with Crippen LogP contribution in [-0.2, 0) is 9.53 Å². The average molecular weight is 182 g/mol. The highest BCUT2D eigenvalue weighted by atomic mass is 16.5. The Balaban J connectivity index is 1.98. The zero-order valence-electron chi connectivity index (χ0n) is 8.34. The van der Waals surface area contributed by atoms with Gasteiger partial charge in [0, 0.05) is 5.41 Å². The first kappa shape index (κ1) is 9.04. The topological polar surface area (TPSA) is 26.3 Å². The summed E-state index contributed by atoms with van der Waals surface area (Å²) in [6.07, 6.45) is 7.77. The fourth-order valence-electron chi connectivity index (χ4n) is 2.88. The van der Waals surface area contributed by atoms with E-state index in [1.807, 2.05) is 0 Å². The van der Waals surface area contributed by atoms with E-state index in [0.29, 0.717) is 23.9 Å². The molecule has 3 aliphatic rings. The molecule has 2 bridgehead atoms. The van der Waals surface area contributed by atoms with Crippen LogP contribution in [0.3, 0.4) is 0 Å². The maximum Gasteiger partial charge on any atom is 0.293 e. The van der Waals surface area contributed by atoms with Gasteiger partial charge in [0.1, 0.15) is 0 Å². The number of ether oxygens (including phenoxy) is 1. The maximum absolute atomic E-state index is 10.2. The molecule has 0 saturated heterocycles. The highest BCUT2D eigenvalue weighted by Crippen LogP contribution is 2.56. The van der Waals surface area contributed by atoms with Crippen molar-refractivity contribution in [3.05, 3.63) is 0 Å². The molecule has 13 heavy (non-hydrogen) atoms. The maximum atomic E-state index is 10.2. The van der Waals surface area contributed by atoms with E-state index in [4.69, 9.17) is 4.74 Å². The average Bonchev–Trinajstić information content (AvgIpc) is 2.18. The van der Waals surface area contributed by atoms with Gasteiger partial charge >= 0.3 is 0 Å². The summed E-state index contributed by atoms with van der Waals surface area (Å²) in [6.45, 7) is 3.65. The Morgan fingerprint density at radius 3 is 2.15 bits per heavy atom. The standard InChI is InChI=1S/C11H18O2/c1-10-2-5-11(6-3-10,7-4-10)8-13-9-12/h9H,2-8H2,1H3. The minimum absolute atomic E-state index is 0.360. The Morgan fingerprint density at radius 1 is 1.15 bits per heavy atom. The summed E-state index contributed by atoms with van der Waals surface area (Å²) in [5.74, 6) is 0. The Kier molecular flexibility index (Phi) is 2.09. The molecule has 0 atom stereocenters. The van der Waals surface area contributed by atoms with Crippen molar-refractivity contribution in [1.29, 1.82) is 0 Å². The lowest BCUT2D eigenvalue weighted by atomic mass is 9.55. The molecule has 3 saturated carbocycles. The largest absolute Gasteiger partial charge is 0.467 e. The van der Waals surface area contributed by atoms with Gasteiger partial charge in [-0.05, 0) is 43.9 Å². The van der Waals surface area contributed by atoms with Crippen molar-refractivity contribution in [3.8, 4) is 0 Å². The molecule has 3 aliphatic carbocycles. The van der Waals surface area contributed by atoms with Gasteiger partial charge in [-0.1, -0.05) is 6.92 Å². The van der Waals surface area contributed by atoms with E-state index in [1.165, 1.54) is 38.5 Å². The first-order chi connectivity index (χ1) is 6.18. The molecule has 0 amide bonds. The second-order valence-electron chi connectivity index (χ2n) is 5.22. The van der Waals surface area contributed by atoms with E-state index >= 15 is 0 Å². The van der Waals surface area contributed by atoms with E-state index in [1.54, 1.807) is 0 Å². The molecular weight excluding hydrogens is 164 g/mol. The van der Waals surface area contributed by atoms with Crippen molar-refractivity contribution in [3.63, 3.8) is 0 Å². The quantitative estimate of drug-likeness (QED) is 0.627. The molecule has 0 aromatic carbocycles. The molecule has 0 heterocycles. The molecule has 0 N–H and O–H groups in total. The van der Waals surface area contributed by atoms with Crippen molar-refractivity contribution in [2.75, 3.05) is 6.61 Å². The number of hydrogen-bond acceptors (Lipinski definition) is 2. The zero-order chi connectivity index (χ0) is 9.36. The fraction of sp³-hybridized carbons (Fsp3) is 0.909. The van der Waals surface area contributed by atoms with Crippen LogP contribution in [0.5, 0.6) is 0 Å². The van der Waals surface area contributed by atoms with Crippen LogP contribution in [0.2, 0.25) is 0 Å². The smallest absolute Gasteiger partial charge is 0.293 e. The summed E-state index contributed by atoms with van der Waals surface area (Å²) in [5.41, 5.74) is 0.974. The van der Waals surface area contributed by atoms with Gasteiger partial charge in [-0.15, -0.1) is 0 Å². The Bertz CT molecular complexity index is 186. The van der Waals surface area contributed by atoms with Crippen molar-refractivity contribution < 1.29 is 9.53 Å². The van der Waals surface area contributed by atoms with Crippen LogP contribution in [0.15, 0.2) is 0 Å². The molecular formula is C11H18O2. The molecule has 0 spiro atoms. The first-order valence-corrected chi connectivity index (χ1v) is 5.23. The number of carbonyl (C=O) groups excluding carboxylic acids is 1. The summed E-state index contributed by atoms with van der Waals surface area (Å²) in [4.78, 5) is 10.2. The van der Waals surface area contributed by atoms with E-state index in [2.05, 4.69) is 6.92 Å². The molecule has 2 heteroatoms. The Morgan fingerprint density at radius 2 is 1.69 bits per heavy atom. The highest BCUT2D eigenvalue weighted by molar-refractivity contribution is 5.37. The molecule has 0 aromatic heterocycles. The summed E-state index contributed by atoms with van der Waals surface area (Å²) >= 11 is 0. The second kappa shape index (κ2) is 3.00. The lowest BCUT2D eigenvalue weighted by molar-refractivity contribution is -0.136. The second-order valence-corrected chi connectivity index (χ2v) is 5.22. The summed E-state index contributed by atoms with van der Waals surface area (Å²) < 4.78 is 4.94. The van der Waals surface area contributed by atoms with Gasteiger partial charge in [0.05, 0.1) is 6.61 Å². The van der Waals surface area contributed by atoms with Crippen LogP contribution >= 0.6 is 0 Å². The monoisotopic (exact) mass is 182 g/mol. The molecule has 0 aliphatic heterocycles. The van der Waals surface area contributed by atoms with Gasteiger partial charge < -0.3 is 4.74 Å². The third kappa shape index (κ3) is 1.59. The highest BCUT2D eigenvalue weighted by Gasteiger charge is 2.46. The van der Waals surface area contributed by atoms with Crippen LogP contribution in [0, 0.1) is 10.8 Å². The minimum Gasteiger partial charge on any atom is -0.467 e. The summed E-state index contributed by atoms with van der Waals surface area (Å²) in [5, 5.41) is 0. The van der Waals surface area contributed by atoms with Gasteiger partial charge in [-0.3, -0.25) is 4.79 Å². The molecule has 2 nitrogen and oxygen atoms in total. The van der Waals surface area contributed by atoms with Crippen LogP contribution in [-0.4, -0.2) is 13.1 Å². The van der Waals surface area contributed by atoms with Crippen molar-refractivity contribution in [1.82, 2.24) is 0 Å². The van der Waals surface area contributed by atoms with Crippen LogP contribution in [0.25, 0.3) is 0 Å². The minimum atomic E-state index is 0.360. The van der Waals surface area contributed by atoms with Gasteiger partial charge in [0.25, 0.3) is 6.47 Å². The van der Waals surface area contributed by atoms with Gasteiger partial charge in [-0.2, -0.15) is 0 Å². The number of carbonyl (C=O) groups is 1. The van der Waals surface area contributed by atoms with Crippen LogP contribution in [0.1, 0.15) is 45.4 Å². The summed E-state index contributed by atoms with van der Waals surface area (Å²) in [7, 11) is 0. The molecule has 0 unspecified atom stereocenters. The molecule has 74 valence electrons. The molecule has 0 radical (unpaired) electrons. The number of fused-ring (bicyclic) bond motifs is 3. The molecule has 3 fully saturated rings. The van der Waals surface area contributed by atoms with Crippen molar-refractivity contribution in [2.24, 2.45) is 10.8 Å². The summed E-state index contributed by atoms with van der Waals surface area (Å²) in [6, 6.07) is 0. The molecule has 0 aromatic rings. The predicted octanol–water partition coefficient (Wildman–Crippen LogP) is 2.52. The van der Waals surface area contributed by atoms with Crippen LogP contribution < -0.4 is 0 Å².